The molecule has 17 heavy (non-hydrogen) atoms. The molecule has 8 heteroatoms. The summed E-state index contributed by atoms with van der Waals surface area (Å²) in [7, 11) is 0. The van der Waals surface area contributed by atoms with Gasteiger partial charge in [0, 0.05) is 12.4 Å². The molecule has 0 aliphatic heterocycles. The fourth-order valence-electron chi connectivity index (χ4n) is 1.24. The molecule has 2 heterocycles. The Balaban J connectivity index is 2.66. The van der Waals surface area contributed by atoms with E-state index in [9.17, 15) is 4.79 Å². The van der Waals surface area contributed by atoms with E-state index in [2.05, 4.69) is 15.1 Å². The minimum Gasteiger partial charge on any atom is -0.476 e. The van der Waals surface area contributed by atoms with Crippen molar-refractivity contribution in [3.8, 4) is 12.0 Å². The van der Waals surface area contributed by atoms with Crippen molar-refractivity contribution in [1.82, 2.24) is 19.7 Å². The lowest BCUT2D eigenvalue weighted by molar-refractivity contribution is 0.0689. The average molecular weight is 230 g/mol. The molecule has 2 aromatic heterocycles. The van der Waals surface area contributed by atoms with Gasteiger partial charge in [-0.15, -0.1) is 0 Å². The fraction of sp³-hybridized carbons (Fsp3) is 0. The van der Waals surface area contributed by atoms with Crippen molar-refractivity contribution in [2.45, 2.75) is 0 Å². The van der Waals surface area contributed by atoms with Crippen molar-refractivity contribution in [2.75, 3.05) is 5.73 Å². The highest BCUT2D eigenvalue weighted by molar-refractivity contribution is 5.90. The van der Waals surface area contributed by atoms with Crippen molar-refractivity contribution in [1.29, 1.82) is 5.26 Å². The molecule has 0 aliphatic carbocycles. The van der Waals surface area contributed by atoms with E-state index >= 15 is 0 Å². The van der Waals surface area contributed by atoms with Gasteiger partial charge in [-0.2, -0.15) is 15.0 Å². The van der Waals surface area contributed by atoms with Crippen molar-refractivity contribution in [3.63, 3.8) is 0 Å². The number of carboxylic acids is 1. The van der Waals surface area contributed by atoms with Crippen LogP contribution in [0.1, 0.15) is 16.1 Å². The van der Waals surface area contributed by atoms with Crippen LogP contribution >= 0.6 is 0 Å². The van der Waals surface area contributed by atoms with Crippen LogP contribution in [0.2, 0.25) is 0 Å². The van der Waals surface area contributed by atoms with Crippen molar-refractivity contribution in [3.05, 3.63) is 29.7 Å². The number of aromatic nitrogens is 4. The Labute approximate surface area is 95.0 Å². The largest absolute Gasteiger partial charge is 0.476 e. The lowest BCUT2D eigenvalue weighted by Crippen LogP contribution is -2.06. The van der Waals surface area contributed by atoms with Crippen LogP contribution in [-0.4, -0.2) is 30.8 Å². The maximum absolute atomic E-state index is 10.9. The van der Waals surface area contributed by atoms with Crippen LogP contribution in [0.5, 0.6) is 0 Å². The smallest absolute Gasteiger partial charge is 0.357 e. The number of aromatic carboxylic acids is 1. The minimum absolute atomic E-state index is 0.101. The van der Waals surface area contributed by atoms with Crippen LogP contribution in [0.15, 0.2) is 18.5 Å². The molecule has 0 radical (unpaired) electrons. The molecule has 0 saturated carbocycles. The van der Waals surface area contributed by atoms with E-state index < -0.39 is 11.7 Å². The number of anilines is 1. The number of hydrogen-bond acceptors (Lipinski definition) is 6. The molecule has 0 aliphatic rings. The van der Waals surface area contributed by atoms with Gasteiger partial charge in [-0.3, -0.25) is 0 Å². The SMILES string of the molecule is N#Cc1c(C(=O)O)nn(-c2ncccn2)c1N. The standard InChI is InChI=1S/C9H6N6O2/c10-4-5-6(8(16)17)14-15(7(5)11)9-12-2-1-3-13-9/h1-3H,11H2,(H,16,17). The predicted molar refractivity (Wildman–Crippen MR) is 55.2 cm³/mol. The number of rotatable bonds is 2. The number of carboxylic acid groups (broad SMARTS) is 1. The Morgan fingerprint density at radius 1 is 1.47 bits per heavy atom. The lowest BCUT2D eigenvalue weighted by atomic mass is 10.2. The highest BCUT2D eigenvalue weighted by Crippen LogP contribution is 2.17. The zero-order valence-electron chi connectivity index (χ0n) is 8.40. The van der Waals surface area contributed by atoms with E-state index in [1.54, 1.807) is 12.1 Å². The summed E-state index contributed by atoms with van der Waals surface area (Å²) < 4.78 is 1.02. The van der Waals surface area contributed by atoms with Crippen molar-refractivity contribution >= 4 is 11.8 Å². The minimum atomic E-state index is -1.33. The molecule has 0 amide bonds. The molecule has 84 valence electrons. The maximum atomic E-state index is 10.9. The first-order valence-corrected chi connectivity index (χ1v) is 4.44. The quantitative estimate of drug-likeness (QED) is 0.731. The number of nitriles is 1. The van der Waals surface area contributed by atoms with Gasteiger partial charge < -0.3 is 10.8 Å². The Morgan fingerprint density at radius 2 is 2.12 bits per heavy atom. The van der Waals surface area contributed by atoms with Crippen molar-refractivity contribution < 1.29 is 9.90 Å². The van der Waals surface area contributed by atoms with E-state index in [1.165, 1.54) is 12.4 Å². The molecule has 0 atom stereocenters. The van der Waals surface area contributed by atoms with E-state index in [0.717, 1.165) is 4.68 Å². The van der Waals surface area contributed by atoms with Gasteiger partial charge in [0.25, 0.3) is 5.95 Å². The fourth-order valence-corrected chi connectivity index (χ4v) is 1.24. The highest BCUT2D eigenvalue weighted by Gasteiger charge is 2.22. The molecule has 0 saturated heterocycles. The molecular weight excluding hydrogens is 224 g/mol. The molecular formula is C9H6N6O2. The summed E-state index contributed by atoms with van der Waals surface area (Å²) >= 11 is 0. The third kappa shape index (κ3) is 1.65. The first-order valence-electron chi connectivity index (χ1n) is 4.44. The zero-order chi connectivity index (χ0) is 12.4. The monoisotopic (exact) mass is 230 g/mol. The summed E-state index contributed by atoms with van der Waals surface area (Å²) in [4.78, 5) is 18.6. The summed E-state index contributed by atoms with van der Waals surface area (Å²) in [5.74, 6) is -1.33. The first kappa shape index (κ1) is 10.6. The number of nitrogens with two attached hydrogens (primary N) is 1. The summed E-state index contributed by atoms with van der Waals surface area (Å²) in [5.41, 5.74) is 5.00. The van der Waals surface area contributed by atoms with Crippen LogP contribution < -0.4 is 5.73 Å². The van der Waals surface area contributed by atoms with Crippen LogP contribution in [0.25, 0.3) is 5.95 Å². The van der Waals surface area contributed by atoms with E-state index in [-0.39, 0.29) is 17.3 Å². The Morgan fingerprint density at radius 3 is 2.59 bits per heavy atom. The highest BCUT2D eigenvalue weighted by atomic mass is 16.4. The van der Waals surface area contributed by atoms with E-state index in [1.807, 2.05) is 0 Å². The molecule has 0 bridgehead atoms. The van der Waals surface area contributed by atoms with Gasteiger partial charge in [0.2, 0.25) is 0 Å². The predicted octanol–water partition coefficient (Wildman–Crippen LogP) is -0.186. The van der Waals surface area contributed by atoms with Crippen molar-refractivity contribution in [2.24, 2.45) is 0 Å². The molecule has 8 nitrogen and oxygen atoms in total. The van der Waals surface area contributed by atoms with Crippen LogP contribution in [0, 0.1) is 11.3 Å². The van der Waals surface area contributed by atoms with Crippen LogP contribution in [0.4, 0.5) is 5.82 Å². The van der Waals surface area contributed by atoms with Crippen LogP contribution in [0.3, 0.4) is 0 Å². The normalized spacial score (nSPS) is 9.82. The van der Waals surface area contributed by atoms with Gasteiger partial charge in [-0.25, -0.2) is 14.8 Å². The number of nitrogens with zero attached hydrogens (tertiary/aromatic N) is 5. The zero-order valence-corrected chi connectivity index (χ0v) is 8.40. The number of carbonyl (C=O) groups is 1. The van der Waals surface area contributed by atoms with E-state index in [4.69, 9.17) is 16.1 Å². The second-order valence-corrected chi connectivity index (χ2v) is 2.99. The third-order valence-electron chi connectivity index (χ3n) is 1.98. The summed E-state index contributed by atoms with van der Waals surface area (Å²) in [6.45, 7) is 0. The van der Waals surface area contributed by atoms with E-state index in [0.29, 0.717) is 0 Å². The molecule has 0 unspecified atom stereocenters. The Hall–Kier alpha value is -2.95. The topological polar surface area (TPSA) is 131 Å². The van der Waals surface area contributed by atoms with Gasteiger partial charge in [-0.05, 0) is 6.07 Å². The maximum Gasteiger partial charge on any atom is 0.357 e. The molecule has 2 aromatic rings. The van der Waals surface area contributed by atoms with Gasteiger partial charge in [0.1, 0.15) is 17.5 Å². The second kappa shape index (κ2) is 3.90. The molecule has 2 rings (SSSR count). The molecule has 0 aromatic carbocycles. The molecule has 0 fully saturated rings. The van der Waals surface area contributed by atoms with Gasteiger partial charge >= 0.3 is 5.97 Å². The van der Waals surface area contributed by atoms with Gasteiger partial charge in [-0.1, -0.05) is 0 Å². The summed E-state index contributed by atoms with van der Waals surface area (Å²) in [5, 5.41) is 21.4. The van der Waals surface area contributed by atoms with Crippen LogP contribution in [-0.2, 0) is 0 Å². The lowest BCUT2D eigenvalue weighted by Gasteiger charge is -1.99. The summed E-state index contributed by atoms with van der Waals surface area (Å²) in [6.07, 6.45) is 2.91. The first-order chi connectivity index (χ1) is 8.15. The number of hydrogen-bond donors (Lipinski definition) is 2. The third-order valence-corrected chi connectivity index (χ3v) is 1.98. The Bertz CT molecular complexity index is 612. The van der Waals surface area contributed by atoms with Gasteiger partial charge in [0.05, 0.1) is 0 Å². The Kier molecular flexibility index (Phi) is 2.42. The van der Waals surface area contributed by atoms with Gasteiger partial charge in [0.15, 0.2) is 5.69 Å². The second-order valence-electron chi connectivity index (χ2n) is 2.99. The summed E-state index contributed by atoms with van der Waals surface area (Å²) in [6, 6.07) is 3.28. The molecule has 0 spiro atoms. The average Bonchev–Trinajstić information content (AvgIpc) is 2.67. The number of nitrogen functional groups attached to an aromatic ring is 1. The molecule has 3 N–H and O–H groups in total.